The van der Waals surface area contributed by atoms with Gasteiger partial charge in [0, 0.05) is 31.7 Å². The highest BCUT2D eigenvalue weighted by Crippen LogP contribution is 2.27. The lowest BCUT2D eigenvalue weighted by atomic mass is 10.1. The second-order valence-corrected chi connectivity index (χ2v) is 6.89. The molecule has 1 fully saturated rings. The summed E-state index contributed by atoms with van der Waals surface area (Å²) in [4.78, 5) is 20.0. The molecule has 1 amide bonds. The van der Waals surface area contributed by atoms with Gasteiger partial charge in [-0.3, -0.25) is 4.79 Å². The van der Waals surface area contributed by atoms with Gasteiger partial charge in [0.05, 0.1) is 17.9 Å². The van der Waals surface area contributed by atoms with Crippen LogP contribution >= 0.6 is 11.3 Å². The van der Waals surface area contributed by atoms with Crippen LogP contribution in [-0.4, -0.2) is 48.4 Å². The highest BCUT2D eigenvalue weighted by molar-refractivity contribution is 7.16. The first-order valence-corrected chi connectivity index (χ1v) is 8.80. The van der Waals surface area contributed by atoms with Crippen molar-refractivity contribution in [2.24, 2.45) is 0 Å². The highest BCUT2D eigenvalue weighted by Gasteiger charge is 2.27. The molecule has 0 aromatic carbocycles. The van der Waals surface area contributed by atoms with Crippen molar-refractivity contribution in [1.82, 2.24) is 29.4 Å². The fourth-order valence-electron chi connectivity index (χ4n) is 3.04. The lowest BCUT2D eigenvalue weighted by Crippen LogP contribution is -2.39. The van der Waals surface area contributed by atoms with Gasteiger partial charge in [0.25, 0.3) is 5.91 Å². The molecule has 0 radical (unpaired) electrons. The number of aromatic nitrogens is 5. The van der Waals surface area contributed by atoms with Crippen molar-refractivity contribution < 1.29 is 4.79 Å². The Hall–Kier alpha value is -2.48. The zero-order chi connectivity index (χ0) is 16.5. The van der Waals surface area contributed by atoms with Crippen molar-refractivity contribution in [3.05, 3.63) is 47.5 Å². The van der Waals surface area contributed by atoms with Gasteiger partial charge in [-0.1, -0.05) is 16.6 Å². The number of piperidine rings is 1. The fraction of sp³-hybridized carbons (Fsp3) is 0.375. The maximum atomic E-state index is 12.8. The highest BCUT2D eigenvalue weighted by atomic mass is 32.1. The summed E-state index contributed by atoms with van der Waals surface area (Å²) >= 11 is 1.45. The van der Waals surface area contributed by atoms with E-state index in [9.17, 15) is 4.79 Å². The molecule has 0 atom stereocenters. The Bertz CT molecular complexity index is 815. The standard InChI is InChI=1S/C16H18N6OS/c1-12-14(24-16(18-12)21-7-2-3-8-21)15(23)20-9-4-13(5-10-20)22-11-6-17-19-22/h2-3,6-8,11,13H,4-5,9-10H2,1H3. The van der Waals surface area contributed by atoms with Crippen molar-refractivity contribution in [3.63, 3.8) is 0 Å². The van der Waals surface area contributed by atoms with Crippen molar-refractivity contribution >= 4 is 17.2 Å². The van der Waals surface area contributed by atoms with Crippen LogP contribution in [0.25, 0.3) is 5.13 Å². The molecule has 0 spiro atoms. The summed E-state index contributed by atoms with van der Waals surface area (Å²) in [7, 11) is 0. The lowest BCUT2D eigenvalue weighted by molar-refractivity contribution is 0.0693. The van der Waals surface area contributed by atoms with E-state index in [1.807, 2.05) is 51.8 Å². The average Bonchev–Trinajstić information content (AvgIpc) is 3.35. The number of amides is 1. The van der Waals surface area contributed by atoms with Crippen LogP contribution in [0.2, 0.25) is 0 Å². The third kappa shape index (κ3) is 2.73. The number of carbonyl (C=O) groups excluding carboxylic acids is 1. The van der Waals surface area contributed by atoms with E-state index >= 15 is 0 Å². The van der Waals surface area contributed by atoms with Gasteiger partial charge in [-0.05, 0) is 31.9 Å². The topological polar surface area (TPSA) is 68.8 Å². The molecule has 124 valence electrons. The number of rotatable bonds is 3. The third-order valence-corrected chi connectivity index (χ3v) is 5.53. The smallest absolute Gasteiger partial charge is 0.265 e. The number of hydrogen-bond acceptors (Lipinski definition) is 5. The molecule has 24 heavy (non-hydrogen) atoms. The van der Waals surface area contributed by atoms with Gasteiger partial charge in [0.15, 0.2) is 5.13 Å². The summed E-state index contributed by atoms with van der Waals surface area (Å²) < 4.78 is 3.83. The van der Waals surface area contributed by atoms with Crippen LogP contribution in [0.5, 0.6) is 0 Å². The summed E-state index contributed by atoms with van der Waals surface area (Å²) in [5, 5.41) is 8.76. The van der Waals surface area contributed by atoms with Gasteiger partial charge >= 0.3 is 0 Å². The number of aryl methyl sites for hydroxylation is 1. The molecule has 0 unspecified atom stereocenters. The molecule has 4 heterocycles. The van der Waals surface area contributed by atoms with E-state index in [1.54, 1.807) is 6.20 Å². The van der Waals surface area contributed by atoms with Gasteiger partial charge < -0.3 is 9.47 Å². The first-order valence-electron chi connectivity index (χ1n) is 7.98. The number of carbonyl (C=O) groups is 1. The molecule has 0 aliphatic carbocycles. The van der Waals surface area contributed by atoms with E-state index in [4.69, 9.17) is 0 Å². The van der Waals surface area contributed by atoms with E-state index in [2.05, 4.69) is 15.3 Å². The Balaban J connectivity index is 1.47. The molecule has 8 heteroatoms. The maximum absolute atomic E-state index is 12.8. The molecule has 1 aliphatic heterocycles. The van der Waals surface area contributed by atoms with Gasteiger partial charge in [-0.2, -0.15) is 0 Å². The minimum Gasteiger partial charge on any atom is -0.338 e. The first kappa shape index (κ1) is 15.1. The van der Waals surface area contributed by atoms with Crippen molar-refractivity contribution in [2.45, 2.75) is 25.8 Å². The van der Waals surface area contributed by atoms with E-state index in [0.29, 0.717) is 6.04 Å². The van der Waals surface area contributed by atoms with Gasteiger partial charge in [-0.15, -0.1) is 5.10 Å². The van der Waals surface area contributed by atoms with Crippen LogP contribution in [0.15, 0.2) is 36.9 Å². The van der Waals surface area contributed by atoms with Crippen LogP contribution in [0.4, 0.5) is 0 Å². The predicted octanol–water partition coefficient (Wildman–Crippen LogP) is 2.31. The summed E-state index contributed by atoms with van der Waals surface area (Å²) in [6.07, 6.45) is 9.26. The third-order valence-electron chi connectivity index (χ3n) is 4.37. The van der Waals surface area contributed by atoms with Crippen molar-refractivity contribution in [1.29, 1.82) is 0 Å². The Labute approximate surface area is 143 Å². The van der Waals surface area contributed by atoms with E-state index in [1.165, 1.54) is 11.3 Å². The Morgan fingerprint density at radius 3 is 2.62 bits per heavy atom. The van der Waals surface area contributed by atoms with Crippen molar-refractivity contribution in [2.75, 3.05) is 13.1 Å². The van der Waals surface area contributed by atoms with E-state index in [0.717, 1.165) is 41.6 Å². The second-order valence-electron chi connectivity index (χ2n) is 5.91. The second kappa shape index (κ2) is 6.20. The zero-order valence-electron chi connectivity index (χ0n) is 13.4. The predicted molar refractivity (Wildman–Crippen MR) is 90.4 cm³/mol. The summed E-state index contributed by atoms with van der Waals surface area (Å²) in [6.45, 7) is 3.37. The number of likely N-dealkylation sites (tertiary alicyclic amines) is 1. The molecule has 7 nitrogen and oxygen atoms in total. The van der Waals surface area contributed by atoms with E-state index in [-0.39, 0.29) is 5.91 Å². The summed E-state index contributed by atoms with van der Waals surface area (Å²) in [6, 6.07) is 4.23. The monoisotopic (exact) mass is 342 g/mol. The van der Waals surface area contributed by atoms with Crippen LogP contribution in [0.1, 0.15) is 34.2 Å². The molecule has 1 aliphatic rings. The fourth-order valence-corrected chi connectivity index (χ4v) is 4.04. The van der Waals surface area contributed by atoms with Gasteiger partial charge in [-0.25, -0.2) is 9.67 Å². The Morgan fingerprint density at radius 2 is 1.96 bits per heavy atom. The molecule has 3 aromatic heterocycles. The molecular formula is C16H18N6OS. The van der Waals surface area contributed by atoms with Crippen LogP contribution in [0.3, 0.4) is 0 Å². The number of nitrogens with zero attached hydrogens (tertiary/aromatic N) is 6. The SMILES string of the molecule is Cc1nc(-n2cccc2)sc1C(=O)N1CCC(n2ccnn2)CC1. The Morgan fingerprint density at radius 1 is 1.21 bits per heavy atom. The van der Waals surface area contributed by atoms with Gasteiger partial charge in [0.2, 0.25) is 0 Å². The van der Waals surface area contributed by atoms with Crippen LogP contribution < -0.4 is 0 Å². The quantitative estimate of drug-likeness (QED) is 0.732. The average molecular weight is 342 g/mol. The maximum Gasteiger partial charge on any atom is 0.265 e. The minimum atomic E-state index is 0.0837. The molecule has 0 N–H and O–H groups in total. The summed E-state index contributed by atoms with van der Waals surface area (Å²) in [5.41, 5.74) is 0.798. The molecule has 1 saturated heterocycles. The van der Waals surface area contributed by atoms with Gasteiger partial charge in [0.1, 0.15) is 4.88 Å². The minimum absolute atomic E-state index is 0.0837. The Kier molecular flexibility index (Phi) is 3.89. The van der Waals surface area contributed by atoms with Crippen LogP contribution in [-0.2, 0) is 0 Å². The van der Waals surface area contributed by atoms with E-state index < -0.39 is 0 Å². The largest absolute Gasteiger partial charge is 0.338 e. The summed E-state index contributed by atoms with van der Waals surface area (Å²) in [5.74, 6) is 0.0837. The lowest BCUT2D eigenvalue weighted by Gasteiger charge is -2.31. The molecule has 0 bridgehead atoms. The zero-order valence-corrected chi connectivity index (χ0v) is 14.2. The van der Waals surface area contributed by atoms with Crippen LogP contribution in [0, 0.1) is 6.92 Å². The number of hydrogen-bond donors (Lipinski definition) is 0. The number of thiazole rings is 1. The molecule has 0 saturated carbocycles. The first-order chi connectivity index (χ1) is 11.7. The normalized spacial score (nSPS) is 15.8. The molecule has 4 rings (SSSR count). The molecule has 3 aromatic rings. The molecular weight excluding hydrogens is 324 g/mol. The van der Waals surface area contributed by atoms with Crippen molar-refractivity contribution in [3.8, 4) is 5.13 Å².